The third-order valence-corrected chi connectivity index (χ3v) is 5.09. The molecule has 1 aromatic carbocycles. The first kappa shape index (κ1) is 20.1. The van der Waals surface area contributed by atoms with Gasteiger partial charge in [0.05, 0.1) is 23.4 Å². The number of para-hydroxylation sites is 1. The van der Waals surface area contributed by atoms with Crippen molar-refractivity contribution >= 4 is 16.8 Å². The largest absolute Gasteiger partial charge is 0.483 e. The van der Waals surface area contributed by atoms with E-state index < -0.39 is 12.8 Å². The van der Waals surface area contributed by atoms with Gasteiger partial charge in [0.15, 0.2) is 6.61 Å². The highest BCUT2D eigenvalue weighted by Gasteiger charge is 2.45. The summed E-state index contributed by atoms with van der Waals surface area (Å²) < 4.78 is 41.3. The van der Waals surface area contributed by atoms with Gasteiger partial charge in [0.1, 0.15) is 5.75 Å². The third kappa shape index (κ3) is 4.69. The second-order valence-electron chi connectivity index (χ2n) is 7.43. The molecule has 0 aliphatic heterocycles. The standard InChI is InChI=1S/C22H20F3N3O2/c1-13(18-9-7-15(11-26-18)30-12-22(23,24)25)27-21(29)17-10-16(17)20-8-6-14-4-2-3-5-19(14)28-20/h2-9,11,13,16-17H,10,12H2,1H3,(H,27,29)/t13?,16-,17-/m1/s1. The summed E-state index contributed by atoms with van der Waals surface area (Å²) in [7, 11) is 0. The Kier molecular flexibility index (Phi) is 5.32. The number of carbonyl (C=O) groups excluding carboxylic acids is 1. The molecular weight excluding hydrogens is 395 g/mol. The van der Waals surface area contributed by atoms with Crippen molar-refractivity contribution in [1.82, 2.24) is 15.3 Å². The molecule has 3 aromatic rings. The first-order chi connectivity index (χ1) is 14.3. The Labute approximate surface area is 171 Å². The number of aromatic nitrogens is 2. The number of benzene rings is 1. The number of hydrogen-bond acceptors (Lipinski definition) is 4. The number of nitrogens with one attached hydrogen (secondary N) is 1. The van der Waals surface area contributed by atoms with Gasteiger partial charge in [0.2, 0.25) is 5.91 Å². The first-order valence-electron chi connectivity index (χ1n) is 9.62. The van der Waals surface area contributed by atoms with Crippen molar-refractivity contribution in [3.8, 4) is 5.75 Å². The van der Waals surface area contributed by atoms with Crippen molar-refractivity contribution in [2.45, 2.75) is 31.5 Å². The van der Waals surface area contributed by atoms with Gasteiger partial charge in [-0.3, -0.25) is 14.8 Å². The van der Waals surface area contributed by atoms with Gasteiger partial charge < -0.3 is 10.1 Å². The van der Waals surface area contributed by atoms with E-state index in [-0.39, 0.29) is 29.5 Å². The number of carbonyl (C=O) groups is 1. The molecule has 0 saturated heterocycles. The van der Waals surface area contributed by atoms with Crippen molar-refractivity contribution in [3.63, 3.8) is 0 Å². The molecule has 0 radical (unpaired) electrons. The van der Waals surface area contributed by atoms with Crippen LogP contribution in [-0.4, -0.2) is 28.7 Å². The van der Waals surface area contributed by atoms with Gasteiger partial charge in [0, 0.05) is 22.9 Å². The zero-order chi connectivity index (χ0) is 21.3. The summed E-state index contributed by atoms with van der Waals surface area (Å²) in [5, 5.41) is 3.98. The van der Waals surface area contributed by atoms with Crippen LogP contribution in [0, 0.1) is 5.92 Å². The second kappa shape index (κ2) is 7.93. The Balaban J connectivity index is 1.33. The zero-order valence-electron chi connectivity index (χ0n) is 16.2. The number of fused-ring (bicyclic) bond motifs is 1. The van der Waals surface area contributed by atoms with Crippen LogP contribution < -0.4 is 10.1 Å². The van der Waals surface area contributed by atoms with E-state index in [2.05, 4.69) is 20.0 Å². The highest BCUT2D eigenvalue weighted by atomic mass is 19.4. The van der Waals surface area contributed by atoms with Crippen molar-refractivity contribution < 1.29 is 22.7 Å². The summed E-state index contributed by atoms with van der Waals surface area (Å²) in [5.74, 6) is -0.107. The topological polar surface area (TPSA) is 64.1 Å². The number of rotatable bonds is 6. The molecule has 1 saturated carbocycles. The van der Waals surface area contributed by atoms with Gasteiger partial charge in [-0.25, -0.2) is 0 Å². The van der Waals surface area contributed by atoms with Crippen LogP contribution in [-0.2, 0) is 4.79 Å². The molecule has 1 amide bonds. The average Bonchev–Trinajstić information content (AvgIpc) is 3.53. The molecule has 0 spiro atoms. The lowest BCUT2D eigenvalue weighted by molar-refractivity contribution is -0.153. The fourth-order valence-corrected chi connectivity index (χ4v) is 3.39. The number of hydrogen-bond donors (Lipinski definition) is 1. The average molecular weight is 415 g/mol. The summed E-state index contributed by atoms with van der Waals surface area (Å²) in [6.07, 6.45) is -2.44. The molecular formula is C22H20F3N3O2. The van der Waals surface area contributed by atoms with E-state index >= 15 is 0 Å². The van der Waals surface area contributed by atoms with Crippen LogP contribution in [0.5, 0.6) is 5.75 Å². The van der Waals surface area contributed by atoms with Gasteiger partial charge in [0.25, 0.3) is 0 Å². The minimum Gasteiger partial charge on any atom is -0.483 e. The molecule has 1 fully saturated rings. The van der Waals surface area contributed by atoms with Crippen LogP contribution in [0.1, 0.15) is 36.7 Å². The molecule has 5 nitrogen and oxygen atoms in total. The number of amides is 1. The predicted molar refractivity (Wildman–Crippen MR) is 105 cm³/mol. The molecule has 1 unspecified atom stereocenters. The Hall–Kier alpha value is -3.16. The predicted octanol–water partition coefficient (Wildman–Crippen LogP) is 4.55. The monoisotopic (exact) mass is 415 g/mol. The van der Waals surface area contributed by atoms with Crippen LogP contribution in [0.4, 0.5) is 13.2 Å². The summed E-state index contributed by atoms with van der Waals surface area (Å²) >= 11 is 0. The Morgan fingerprint density at radius 3 is 2.73 bits per heavy atom. The first-order valence-corrected chi connectivity index (χ1v) is 9.62. The summed E-state index contributed by atoms with van der Waals surface area (Å²) in [6.45, 7) is 0.411. The second-order valence-corrected chi connectivity index (χ2v) is 7.43. The summed E-state index contributed by atoms with van der Waals surface area (Å²) in [6, 6.07) is 14.4. The minimum atomic E-state index is -4.40. The van der Waals surface area contributed by atoms with Crippen LogP contribution in [0.15, 0.2) is 54.7 Å². The molecule has 4 rings (SSSR count). The van der Waals surface area contributed by atoms with E-state index in [9.17, 15) is 18.0 Å². The highest BCUT2D eigenvalue weighted by molar-refractivity contribution is 5.84. The molecule has 30 heavy (non-hydrogen) atoms. The smallest absolute Gasteiger partial charge is 0.422 e. The van der Waals surface area contributed by atoms with E-state index in [4.69, 9.17) is 0 Å². The van der Waals surface area contributed by atoms with E-state index in [0.717, 1.165) is 23.0 Å². The third-order valence-electron chi connectivity index (χ3n) is 5.09. The number of ether oxygens (including phenoxy) is 1. The van der Waals surface area contributed by atoms with Gasteiger partial charge in [-0.1, -0.05) is 24.3 Å². The maximum absolute atomic E-state index is 12.6. The van der Waals surface area contributed by atoms with E-state index in [1.807, 2.05) is 36.4 Å². The summed E-state index contributed by atoms with van der Waals surface area (Å²) in [4.78, 5) is 21.4. The van der Waals surface area contributed by atoms with Gasteiger partial charge >= 0.3 is 6.18 Å². The van der Waals surface area contributed by atoms with Crippen LogP contribution in [0.2, 0.25) is 0 Å². The molecule has 2 heterocycles. The van der Waals surface area contributed by atoms with Gasteiger partial charge in [-0.05, 0) is 37.6 Å². The Morgan fingerprint density at radius 2 is 2.00 bits per heavy atom. The molecule has 1 N–H and O–H groups in total. The quantitative estimate of drug-likeness (QED) is 0.642. The SMILES string of the molecule is CC(NC(=O)[C@@H]1C[C@H]1c1ccc2ccccc2n1)c1ccc(OCC(F)(F)F)cn1. The van der Waals surface area contributed by atoms with E-state index in [1.165, 1.54) is 12.3 Å². The Morgan fingerprint density at radius 1 is 1.20 bits per heavy atom. The van der Waals surface area contributed by atoms with Crippen LogP contribution >= 0.6 is 0 Å². The minimum absolute atomic E-state index is 0.0271. The number of halogens is 3. The fourth-order valence-electron chi connectivity index (χ4n) is 3.39. The maximum atomic E-state index is 12.6. The van der Waals surface area contributed by atoms with Gasteiger partial charge in [-0.15, -0.1) is 0 Å². The fraction of sp³-hybridized carbons (Fsp3) is 0.318. The molecule has 8 heteroatoms. The molecule has 1 aliphatic carbocycles. The Bertz CT molecular complexity index is 1050. The van der Waals surface area contributed by atoms with E-state index in [0.29, 0.717) is 5.69 Å². The molecule has 0 bridgehead atoms. The zero-order valence-corrected chi connectivity index (χ0v) is 16.2. The van der Waals surface area contributed by atoms with Crippen molar-refractivity contribution in [2.75, 3.05) is 6.61 Å². The lowest BCUT2D eigenvalue weighted by Gasteiger charge is -2.14. The van der Waals surface area contributed by atoms with Crippen molar-refractivity contribution in [1.29, 1.82) is 0 Å². The number of pyridine rings is 2. The van der Waals surface area contributed by atoms with Crippen molar-refractivity contribution in [3.05, 3.63) is 66.1 Å². The lowest BCUT2D eigenvalue weighted by Crippen LogP contribution is -2.29. The maximum Gasteiger partial charge on any atom is 0.422 e. The number of alkyl halides is 3. The normalized spacial score (nSPS) is 19.3. The van der Waals surface area contributed by atoms with Gasteiger partial charge in [-0.2, -0.15) is 13.2 Å². The summed E-state index contributed by atoms with van der Waals surface area (Å²) in [5.41, 5.74) is 2.36. The molecule has 156 valence electrons. The van der Waals surface area contributed by atoms with Crippen LogP contribution in [0.3, 0.4) is 0 Å². The number of nitrogens with zero attached hydrogens (tertiary/aromatic N) is 2. The van der Waals surface area contributed by atoms with E-state index in [1.54, 1.807) is 13.0 Å². The van der Waals surface area contributed by atoms with Crippen LogP contribution in [0.25, 0.3) is 10.9 Å². The molecule has 2 aromatic heterocycles. The molecule has 1 aliphatic rings. The molecule has 3 atom stereocenters. The highest BCUT2D eigenvalue weighted by Crippen LogP contribution is 2.47. The van der Waals surface area contributed by atoms with Crippen molar-refractivity contribution in [2.24, 2.45) is 5.92 Å². The lowest BCUT2D eigenvalue weighted by atomic mass is 10.1.